The molecule has 100 valence electrons. The monoisotopic (exact) mass is 319 g/mol. The smallest absolute Gasteiger partial charge is 0.0992 e. The van der Waals surface area contributed by atoms with E-state index in [4.69, 9.17) is 5.26 Å². The van der Waals surface area contributed by atoms with Gasteiger partial charge in [0, 0.05) is 35.3 Å². The van der Waals surface area contributed by atoms with E-state index in [0.29, 0.717) is 5.92 Å². The Labute approximate surface area is 122 Å². The lowest BCUT2D eigenvalue weighted by atomic mass is 9.84. The maximum atomic E-state index is 9.12. The van der Waals surface area contributed by atoms with Crippen LogP contribution in [0, 0.1) is 23.2 Å². The Kier molecular flexibility index (Phi) is 3.07. The van der Waals surface area contributed by atoms with Gasteiger partial charge in [-0.3, -0.25) is 0 Å². The first-order chi connectivity index (χ1) is 9.02. The van der Waals surface area contributed by atoms with Crippen molar-refractivity contribution in [3.05, 3.63) is 28.2 Å². The van der Waals surface area contributed by atoms with Crippen molar-refractivity contribution < 1.29 is 0 Å². The van der Waals surface area contributed by atoms with Crippen LogP contribution in [0.25, 0.3) is 0 Å². The maximum Gasteiger partial charge on any atom is 0.0992 e. The Morgan fingerprint density at radius 2 is 2.16 bits per heavy atom. The van der Waals surface area contributed by atoms with Crippen LogP contribution in [-0.4, -0.2) is 25.2 Å². The van der Waals surface area contributed by atoms with Gasteiger partial charge in [-0.1, -0.05) is 15.9 Å². The van der Waals surface area contributed by atoms with Crippen molar-refractivity contribution in [2.24, 2.45) is 11.8 Å². The van der Waals surface area contributed by atoms with Crippen LogP contribution in [0.15, 0.2) is 22.7 Å². The molecule has 0 spiro atoms. The van der Waals surface area contributed by atoms with Gasteiger partial charge < -0.3 is 10.2 Å². The standard InChI is InChI=1S/C15H18BrN3/c1-15(2)14-8-18-7-11(14)9-19(15)13-4-10(6-17)3-12(16)5-13/h3-5,11,14,18H,7-9H2,1-2H3. The average Bonchev–Trinajstić information content (AvgIpc) is 2.91. The molecule has 4 heteroatoms. The third-order valence-corrected chi connectivity index (χ3v) is 5.14. The van der Waals surface area contributed by atoms with Gasteiger partial charge >= 0.3 is 0 Å². The van der Waals surface area contributed by atoms with Gasteiger partial charge in [0.2, 0.25) is 0 Å². The minimum Gasteiger partial charge on any atom is -0.366 e. The van der Waals surface area contributed by atoms with Crippen molar-refractivity contribution in [3.63, 3.8) is 0 Å². The Morgan fingerprint density at radius 3 is 2.84 bits per heavy atom. The highest BCUT2D eigenvalue weighted by Gasteiger charge is 2.49. The molecule has 0 aromatic heterocycles. The summed E-state index contributed by atoms with van der Waals surface area (Å²) in [6.45, 7) is 7.93. The Hall–Kier alpha value is -1.05. The fourth-order valence-corrected chi connectivity index (χ4v) is 4.14. The molecule has 3 rings (SSSR count). The number of hydrogen-bond donors (Lipinski definition) is 1. The Balaban J connectivity index is 1.99. The summed E-state index contributed by atoms with van der Waals surface area (Å²) in [5.41, 5.74) is 2.02. The molecule has 19 heavy (non-hydrogen) atoms. The lowest BCUT2D eigenvalue weighted by Gasteiger charge is -2.37. The molecule has 2 heterocycles. The predicted octanol–water partition coefficient (Wildman–Crippen LogP) is 2.75. The number of halogens is 1. The topological polar surface area (TPSA) is 39.1 Å². The van der Waals surface area contributed by atoms with Gasteiger partial charge in [-0.25, -0.2) is 0 Å². The fourth-order valence-electron chi connectivity index (χ4n) is 3.65. The van der Waals surface area contributed by atoms with Gasteiger partial charge in [0.1, 0.15) is 0 Å². The molecule has 2 saturated heterocycles. The summed E-state index contributed by atoms with van der Waals surface area (Å²) in [5, 5.41) is 12.6. The average molecular weight is 320 g/mol. The first-order valence-corrected chi connectivity index (χ1v) is 7.50. The van der Waals surface area contributed by atoms with Crippen LogP contribution in [0.3, 0.4) is 0 Å². The lowest BCUT2D eigenvalue weighted by Crippen LogP contribution is -2.44. The van der Waals surface area contributed by atoms with Crippen LogP contribution < -0.4 is 10.2 Å². The van der Waals surface area contributed by atoms with E-state index in [-0.39, 0.29) is 5.54 Å². The van der Waals surface area contributed by atoms with Crippen molar-refractivity contribution >= 4 is 21.6 Å². The van der Waals surface area contributed by atoms with E-state index in [0.717, 1.165) is 41.3 Å². The van der Waals surface area contributed by atoms with Gasteiger partial charge in [0.05, 0.1) is 11.6 Å². The van der Waals surface area contributed by atoms with Gasteiger partial charge in [-0.15, -0.1) is 0 Å². The first kappa shape index (κ1) is 13.0. The van der Waals surface area contributed by atoms with Gasteiger partial charge in [-0.2, -0.15) is 5.26 Å². The zero-order chi connectivity index (χ0) is 13.6. The SMILES string of the molecule is CC1(C)C2CNCC2CN1c1cc(Br)cc(C#N)c1. The molecule has 2 atom stereocenters. The number of hydrogen-bond acceptors (Lipinski definition) is 3. The highest BCUT2D eigenvalue weighted by atomic mass is 79.9. The molecule has 2 aliphatic heterocycles. The molecule has 1 aromatic rings. The van der Waals surface area contributed by atoms with E-state index < -0.39 is 0 Å². The van der Waals surface area contributed by atoms with Crippen LogP contribution >= 0.6 is 15.9 Å². The highest BCUT2D eigenvalue weighted by Crippen LogP contribution is 2.43. The Bertz CT molecular complexity index is 547. The molecular weight excluding hydrogens is 302 g/mol. The fraction of sp³-hybridized carbons (Fsp3) is 0.533. The molecule has 0 amide bonds. The van der Waals surface area contributed by atoms with Crippen molar-refractivity contribution in [3.8, 4) is 6.07 Å². The number of nitrogens with zero attached hydrogens (tertiary/aromatic N) is 2. The summed E-state index contributed by atoms with van der Waals surface area (Å²) in [6.07, 6.45) is 0. The predicted molar refractivity (Wildman–Crippen MR) is 80.1 cm³/mol. The van der Waals surface area contributed by atoms with E-state index in [9.17, 15) is 0 Å². The van der Waals surface area contributed by atoms with Crippen LogP contribution in [-0.2, 0) is 0 Å². The summed E-state index contributed by atoms with van der Waals surface area (Å²) >= 11 is 3.51. The van der Waals surface area contributed by atoms with Gasteiger partial charge in [-0.05, 0) is 43.9 Å². The molecule has 2 unspecified atom stereocenters. The van der Waals surface area contributed by atoms with Crippen molar-refractivity contribution in [1.29, 1.82) is 5.26 Å². The van der Waals surface area contributed by atoms with Crippen molar-refractivity contribution in [2.75, 3.05) is 24.5 Å². The second-order valence-electron chi connectivity index (χ2n) is 6.10. The number of benzene rings is 1. The quantitative estimate of drug-likeness (QED) is 0.865. The number of fused-ring (bicyclic) bond motifs is 1. The number of rotatable bonds is 1. The zero-order valence-electron chi connectivity index (χ0n) is 11.3. The van der Waals surface area contributed by atoms with Crippen LogP contribution in [0.1, 0.15) is 19.4 Å². The molecule has 0 aliphatic carbocycles. The summed E-state index contributed by atoms with van der Waals surface area (Å²) in [7, 11) is 0. The number of anilines is 1. The molecule has 1 aromatic carbocycles. The van der Waals surface area contributed by atoms with Crippen molar-refractivity contribution in [1.82, 2.24) is 5.32 Å². The molecule has 2 fully saturated rings. The zero-order valence-corrected chi connectivity index (χ0v) is 12.9. The summed E-state index contributed by atoms with van der Waals surface area (Å²) in [6, 6.07) is 8.23. The first-order valence-electron chi connectivity index (χ1n) is 6.71. The van der Waals surface area contributed by atoms with E-state index in [1.807, 2.05) is 12.1 Å². The highest BCUT2D eigenvalue weighted by molar-refractivity contribution is 9.10. The second kappa shape index (κ2) is 4.50. The summed E-state index contributed by atoms with van der Waals surface area (Å²) in [5.74, 6) is 1.41. The van der Waals surface area contributed by atoms with E-state index >= 15 is 0 Å². The third kappa shape index (κ3) is 2.05. The number of nitriles is 1. The van der Waals surface area contributed by atoms with Crippen LogP contribution in [0.2, 0.25) is 0 Å². The van der Waals surface area contributed by atoms with Gasteiger partial charge in [0.25, 0.3) is 0 Å². The Morgan fingerprint density at radius 1 is 1.37 bits per heavy atom. The largest absolute Gasteiger partial charge is 0.366 e. The summed E-state index contributed by atoms with van der Waals surface area (Å²) in [4.78, 5) is 2.47. The third-order valence-electron chi connectivity index (χ3n) is 4.68. The van der Waals surface area contributed by atoms with Crippen LogP contribution in [0.4, 0.5) is 5.69 Å². The maximum absolute atomic E-state index is 9.12. The molecule has 1 N–H and O–H groups in total. The van der Waals surface area contributed by atoms with E-state index in [1.54, 1.807) is 0 Å². The van der Waals surface area contributed by atoms with Gasteiger partial charge in [0.15, 0.2) is 0 Å². The molecule has 0 bridgehead atoms. The molecule has 3 nitrogen and oxygen atoms in total. The minimum absolute atomic E-state index is 0.141. The normalized spacial score (nSPS) is 28.2. The van der Waals surface area contributed by atoms with Crippen LogP contribution in [0.5, 0.6) is 0 Å². The number of nitrogens with one attached hydrogen (secondary N) is 1. The molecule has 0 radical (unpaired) electrons. The van der Waals surface area contributed by atoms with Crippen molar-refractivity contribution in [2.45, 2.75) is 19.4 Å². The molecular formula is C15H18BrN3. The summed E-state index contributed by atoms with van der Waals surface area (Å²) < 4.78 is 0.979. The van der Waals surface area contributed by atoms with E-state index in [2.05, 4.69) is 52.1 Å². The molecule has 2 aliphatic rings. The van der Waals surface area contributed by atoms with E-state index in [1.165, 1.54) is 0 Å². The molecule has 0 saturated carbocycles. The minimum atomic E-state index is 0.141. The lowest BCUT2D eigenvalue weighted by molar-refractivity contribution is 0.357. The second-order valence-corrected chi connectivity index (χ2v) is 7.01.